The van der Waals surface area contributed by atoms with Gasteiger partial charge in [0.2, 0.25) is 0 Å². The maximum Gasteiger partial charge on any atom is 0.326 e. The molecular weight excluding hydrogens is 198 g/mol. The van der Waals surface area contributed by atoms with Crippen molar-refractivity contribution >= 4 is 0 Å². The molecule has 0 saturated heterocycles. The molecule has 0 aliphatic carbocycles. The number of nitrogens with zero attached hydrogens (tertiary/aromatic N) is 3. The van der Waals surface area contributed by atoms with E-state index in [9.17, 15) is 0 Å². The van der Waals surface area contributed by atoms with Crippen LogP contribution in [-0.2, 0) is 0 Å². The van der Waals surface area contributed by atoms with E-state index in [-0.39, 0.29) is 6.01 Å². The van der Waals surface area contributed by atoms with Gasteiger partial charge in [-0.1, -0.05) is 6.58 Å². The first-order valence-corrected chi connectivity index (χ1v) is 4.30. The lowest BCUT2D eigenvalue weighted by Crippen LogP contribution is -2.29. The Bertz CT molecular complexity index is 370. The summed E-state index contributed by atoms with van der Waals surface area (Å²) in [6.45, 7) is 9.08. The highest BCUT2D eigenvalue weighted by molar-refractivity contribution is 5.12. The first-order chi connectivity index (χ1) is 6.81. The maximum absolute atomic E-state index is 9.00. The van der Waals surface area contributed by atoms with Gasteiger partial charge < -0.3 is 14.9 Å². The van der Waals surface area contributed by atoms with E-state index in [1.807, 2.05) is 0 Å². The minimum Gasteiger partial charge on any atom is -0.479 e. The lowest BCUT2D eigenvalue weighted by atomic mass is 10.0. The molecule has 1 heterocycles. The monoisotopic (exact) mass is 211 g/mol. The van der Waals surface area contributed by atoms with E-state index in [2.05, 4.69) is 21.5 Å². The van der Waals surface area contributed by atoms with Crippen LogP contribution >= 0.6 is 0 Å². The van der Waals surface area contributed by atoms with Gasteiger partial charge in [0, 0.05) is 0 Å². The van der Waals surface area contributed by atoms with Crippen molar-refractivity contribution in [2.75, 3.05) is 0 Å². The van der Waals surface area contributed by atoms with Crippen molar-refractivity contribution in [3.8, 4) is 18.0 Å². The van der Waals surface area contributed by atoms with Gasteiger partial charge in [0.1, 0.15) is 5.60 Å². The van der Waals surface area contributed by atoms with Crippen LogP contribution in [0.4, 0.5) is 0 Å². The van der Waals surface area contributed by atoms with Gasteiger partial charge in [0.15, 0.2) is 0 Å². The third-order valence-electron chi connectivity index (χ3n) is 1.97. The summed E-state index contributed by atoms with van der Waals surface area (Å²) in [5.41, 5.74) is 0.0853. The highest BCUT2D eigenvalue weighted by Gasteiger charge is 2.22. The predicted octanol–water partition coefficient (Wildman–Crippen LogP) is 1.02. The van der Waals surface area contributed by atoms with Crippen LogP contribution in [0, 0.1) is 0 Å². The van der Waals surface area contributed by atoms with E-state index < -0.39 is 17.6 Å². The maximum atomic E-state index is 9.00. The Morgan fingerprint density at radius 3 is 2.07 bits per heavy atom. The van der Waals surface area contributed by atoms with Crippen molar-refractivity contribution in [2.45, 2.75) is 26.4 Å². The molecule has 0 aliphatic heterocycles. The van der Waals surface area contributed by atoms with Crippen LogP contribution in [0.25, 0.3) is 0 Å². The third kappa shape index (κ3) is 2.80. The van der Waals surface area contributed by atoms with Crippen LogP contribution in [0.15, 0.2) is 12.2 Å². The fourth-order valence-electron chi connectivity index (χ4n) is 0.697. The van der Waals surface area contributed by atoms with Crippen molar-refractivity contribution in [1.29, 1.82) is 0 Å². The fourth-order valence-corrected chi connectivity index (χ4v) is 0.697. The third-order valence-corrected chi connectivity index (χ3v) is 1.97. The molecule has 82 valence electrons. The Morgan fingerprint density at radius 1 is 1.20 bits per heavy atom. The Morgan fingerprint density at radius 2 is 1.67 bits per heavy atom. The van der Waals surface area contributed by atoms with Crippen LogP contribution in [-0.4, -0.2) is 30.8 Å². The molecule has 0 aromatic carbocycles. The molecule has 0 bridgehead atoms. The zero-order valence-electron chi connectivity index (χ0n) is 8.85. The number of hydrogen-bond donors (Lipinski definition) is 2. The number of ether oxygens (including phenoxy) is 1. The van der Waals surface area contributed by atoms with E-state index in [1.165, 1.54) is 0 Å². The molecule has 2 N–H and O–H groups in total. The second-order valence-corrected chi connectivity index (χ2v) is 3.61. The molecule has 1 aromatic rings. The highest BCUT2D eigenvalue weighted by atomic mass is 16.5. The normalized spacial score (nSPS) is 11.1. The molecular formula is C9H13N3O3. The van der Waals surface area contributed by atoms with Gasteiger partial charge in [0.05, 0.1) is 0 Å². The molecule has 1 aromatic heterocycles. The minimum atomic E-state index is -0.680. The lowest BCUT2D eigenvalue weighted by Gasteiger charge is -2.24. The second kappa shape index (κ2) is 3.72. The van der Waals surface area contributed by atoms with Crippen molar-refractivity contribution in [2.24, 2.45) is 0 Å². The summed E-state index contributed by atoms with van der Waals surface area (Å²) in [6.07, 6.45) is 0. The number of aromatic hydroxyl groups is 2. The zero-order chi connectivity index (χ0) is 11.6. The van der Waals surface area contributed by atoms with Crippen molar-refractivity contribution in [3.05, 3.63) is 12.2 Å². The van der Waals surface area contributed by atoms with Gasteiger partial charge >= 0.3 is 18.0 Å². The largest absolute Gasteiger partial charge is 0.479 e. The van der Waals surface area contributed by atoms with Crippen LogP contribution in [0.3, 0.4) is 0 Å². The van der Waals surface area contributed by atoms with E-state index in [1.54, 1.807) is 20.8 Å². The number of hydrogen-bond acceptors (Lipinski definition) is 6. The molecule has 0 amide bonds. The Kier molecular flexibility index (Phi) is 2.78. The Labute approximate surface area is 87.3 Å². The van der Waals surface area contributed by atoms with Gasteiger partial charge in [-0.15, -0.1) is 15.0 Å². The molecule has 15 heavy (non-hydrogen) atoms. The molecule has 0 fully saturated rings. The average Bonchev–Trinajstić information content (AvgIpc) is 1.99. The molecule has 0 atom stereocenters. The summed E-state index contributed by atoms with van der Waals surface area (Å²) >= 11 is 0. The van der Waals surface area contributed by atoms with Crippen molar-refractivity contribution in [3.63, 3.8) is 0 Å². The average molecular weight is 211 g/mol. The summed E-state index contributed by atoms with van der Waals surface area (Å²) in [5.74, 6) is 0. The van der Waals surface area contributed by atoms with E-state index >= 15 is 0 Å². The molecule has 1 rings (SSSR count). The molecule has 0 spiro atoms. The predicted molar refractivity (Wildman–Crippen MR) is 52.7 cm³/mol. The minimum absolute atomic E-state index is 0.145. The molecule has 6 heteroatoms. The van der Waals surface area contributed by atoms with Gasteiger partial charge in [-0.05, 0) is 26.3 Å². The SMILES string of the molecule is C=C(C)C(C)(C)Oc1nc(O)nc(O)n1. The quantitative estimate of drug-likeness (QED) is 0.725. The van der Waals surface area contributed by atoms with Gasteiger partial charge in [-0.3, -0.25) is 0 Å². The zero-order valence-corrected chi connectivity index (χ0v) is 8.85. The van der Waals surface area contributed by atoms with Crippen LogP contribution in [0.1, 0.15) is 20.8 Å². The first-order valence-electron chi connectivity index (χ1n) is 4.30. The Hall–Kier alpha value is -1.85. The standard InChI is InChI=1S/C9H13N3O3/c1-5(2)9(3,4)15-8-11-6(13)10-7(14)12-8/h1H2,2-4H3,(H2,10,11,12,13,14). The van der Waals surface area contributed by atoms with Crippen LogP contribution in [0.2, 0.25) is 0 Å². The van der Waals surface area contributed by atoms with Crippen LogP contribution < -0.4 is 4.74 Å². The van der Waals surface area contributed by atoms with Gasteiger partial charge in [0.25, 0.3) is 0 Å². The summed E-state index contributed by atoms with van der Waals surface area (Å²) in [5, 5.41) is 18.0. The molecule has 0 radical (unpaired) electrons. The number of aromatic nitrogens is 3. The summed E-state index contributed by atoms with van der Waals surface area (Å²) in [4.78, 5) is 10.2. The molecule has 0 aliphatic rings. The van der Waals surface area contributed by atoms with E-state index in [4.69, 9.17) is 14.9 Å². The smallest absolute Gasteiger partial charge is 0.326 e. The topological polar surface area (TPSA) is 88.4 Å². The first kappa shape index (κ1) is 11.2. The number of rotatable bonds is 3. The molecule has 0 saturated carbocycles. The van der Waals surface area contributed by atoms with Gasteiger partial charge in [-0.2, -0.15) is 0 Å². The lowest BCUT2D eigenvalue weighted by molar-refractivity contribution is 0.130. The second-order valence-electron chi connectivity index (χ2n) is 3.61. The summed E-state index contributed by atoms with van der Waals surface area (Å²) in [7, 11) is 0. The van der Waals surface area contributed by atoms with Crippen molar-refractivity contribution < 1.29 is 14.9 Å². The molecule has 0 unspecified atom stereocenters. The van der Waals surface area contributed by atoms with Crippen LogP contribution in [0.5, 0.6) is 18.0 Å². The molecule has 6 nitrogen and oxygen atoms in total. The fraction of sp³-hybridized carbons (Fsp3) is 0.444. The highest BCUT2D eigenvalue weighted by Crippen LogP contribution is 2.22. The van der Waals surface area contributed by atoms with E-state index in [0.29, 0.717) is 0 Å². The Balaban J connectivity index is 2.94. The van der Waals surface area contributed by atoms with Crippen molar-refractivity contribution in [1.82, 2.24) is 15.0 Å². The van der Waals surface area contributed by atoms with Gasteiger partial charge in [-0.25, -0.2) is 0 Å². The van der Waals surface area contributed by atoms with E-state index in [0.717, 1.165) is 5.57 Å². The summed E-state index contributed by atoms with van der Waals surface area (Å²) < 4.78 is 5.34. The summed E-state index contributed by atoms with van der Waals surface area (Å²) in [6, 6.07) is -1.32.